The van der Waals surface area contributed by atoms with Crippen LogP contribution in [0.2, 0.25) is 0 Å². The lowest BCUT2D eigenvalue weighted by molar-refractivity contribution is 0.101. The first kappa shape index (κ1) is 15.0. The van der Waals surface area contributed by atoms with Crippen molar-refractivity contribution in [3.05, 3.63) is 21.4 Å². The second kappa shape index (κ2) is 7.39. The van der Waals surface area contributed by atoms with Gasteiger partial charge in [-0.25, -0.2) is 0 Å². The van der Waals surface area contributed by atoms with Crippen LogP contribution in [0.15, 0.2) is 6.07 Å². The second-order valence-corrected chi connectivity index (χ2v) is 6.78. The van der Waals surface area contributed by atoms with Crippen molar-refractivity contribution in [3.63, 3.8) is 0 Å². The molecule has 2 rings (SSSR count). The molecular formula is C15H26N2OS. The van der Waals surface area contributed by atoms with Gasteiger partial charge in [-0.3, -0.25) is 0 Å². The lowest BCUT2D eigenvalue weighted by Gasteiger charge is -2.18. The van der Waals surface area contributed by atoms with E-state index in [0.29, 0.717) is 0 Å². The molecule has 0 saturated carbocycles. The number of aryl methyl sites for hydroxylation is 1. The van der Waals surface area contributed by atoms with E-state index in [4.69, 9.17) is 4.74 Å². The Labute approximate surface area is 121 Å². The molecule has 1 aromatic heterocycles. The average molecular weight is 282 g/mol. The zero-order valence-corrected chi connectivity index (χ0v) is 13.2. The van der Waals surface area contributed by atoms with Crippen molar-refractivity contribution in [3.8, 4) is 0 Å². The van der Waals surface area contributed by atoms with Crippen LogP contribution >= 0.6 is 11.3 Å². The van der Waals surface area contributed by atoms with Crippen LogP contribution in [-0.4, -0.2) is 38.2 Å². The SMILES string of the molecule is CNCc1cc(COCCC2CCCN2C)c(C)s1. The van der Waals surface area contributed by atoms with Crippen molar-refractivity contribution >= 4 is 11.3 Å². The zero-order chi connectivity index (χ0) is 13.7. The average Bonchev–Trinajstić information content (AvgIpc) is 2.93. The number of likely N-dealkylation sites (tertiary alicyclic amines) is 1. The molecule has 1 atom stereocenters. The molecule has 4 heteroatoms. The third-order valence-electron chi connectivity index (χ3n) is 3.95. The van der Waals surface area contributed by atoms with E-state index in [2.05, 4.69) is 30.3 Å². The number of nitrogens with one attached hydrogen (secondary N) is 1. The number of ether oxygens (including phenoxy) is 1. The lowest BCUT2D eigenvalue weighted by atomic mass is 10.1. The number of hydrogen-bond donors (Lipinski definition) is 1. The molecule has 108 valence electrons. The van der Waals surface area contributed by atoms with Crippen LogP contribution in [0.3, 0.4) is 0 Å². The Morgan fingerprint density at radius 3 is 3.05 bits per heavy atom. The smallest absolute Gasteiger partial charge is 0.0727 e. The summed E-state index contributed by atoms with van der Waals surface area (Å²) in [5, 5.41) is 3.20. The maximum atomic E-state index is 5.86. The molecule has 19 heavy (non-hydrogen) atoms. The topological polar surface area (TPSA) is 24.5 Å². The fourth-order valence-corrected chi connectivity index (χ4v) is 3.80. The highest BCUT2D eigenvalue weighted by atomic mass is 32.1. The molecule has 1 aliphatic rings. The van der Waals surface area contributed by atoms with Gasteiger partial charge in [0.2, 0.25) is 0 Å². The Balaban J connectivity index is 1.70. The third-order valence-corrected chi connectivity index (χ3v) is 5.04. The van der Waals surface area contributed by atoms with Crippen LogP contribution in [0.4, 0.5) is 0 Å². The van der Waals surface area contributed by atoms with E-state index >= 15 is 0 Å². The van der Waals surface area contributed by atoms with Crippen LogP contribution in [-0.2, 0) is 17.9 Å². The van der Waals surface area contributed by atoms with E-state index in [9.17, 15) is 0 Å². The van der Waals surface area contributed by atoms with Crippen molar-refractivity contribution in [2.45, 2.75) is 45.4 Å². The first-order valence-corrected chi connectivity index (χ1v) is 8.03. The van der Waals surface area contributed by atoms with Crippen molar-refractivity contribution in [1.29, 1.82) is 0 Å². The van der Waals surface area contributed by atoms with Gasteiger partial charge in [-0.05, 0) is 58.5 Å². The van der Waals surface area contributed by atoms with Gasteiger partial charge in [0, 0.05) is 28.9 Å². The van der Waals surface area contributed by atoms with Crippen LogP contribution in [0.25, 0.3) is 0 Å². The van der Waals surface area contributed by atoms with Gasteiger partial charge in [-0.2, -0.15) is 0 Å². The summed E-state index contributed by atoms with van der Waals surface area (Å²) in [6, 6.07) is 3.02. The van der Waals surface area contributed by atoms with E-state index in [0.717, 1.165) is 25.8 Å². The second-order valence-electron chi connectivity index (χ2n) is 5.44. The van der Waals surface area contributed by atoms with Crippen molar-refractivity contribution in [2.24, 2.45) is 0 Å². The van der Waals surface area contributed by atoms with Crippen LogP contribution in [0.1, 0.15) is 34.6 Å². The summed E-state index contributed by atoms with van der Waals surface area (Å²) in [5.41, 5.74) is 1.36. The van der Waals surface area contributed by atoms with E-state index in [1.165, 1.54) is 41.1 Å². The summed E-state index contributed by atoms with van der Waals surface area (Å²) in [4.78, 5) is 5.25. The minimum absolute atomic E-state index is 0.739. The molecule has 0 bridgehead atoms. The molecule has 0 radical (unpaired) electrons. The molecule has 0 spiro atoms. The zero-order valence-electron chi connectivity index (χ0n) is 12.4. The molecular weight excluding hydrogens is 256 g/mol. The van der Waals surface area contributed by atoms with Gasteiger partial charge >= 0.3 is 0 Å². The summed E-state index contributed by atoms with van der Waals surface area (Å²) >= 11 is 1.87. The standard InChI is InChI=1S/C15H26N2OS/c1-12-13(9-15(19-12)10-16-2)11-18-8-6-14-5-4-7-17(14)3/h9,14,16H,4-8,10-11H2,1-3H3. The molecule has 1 aromatic rings. The number of thiophene rings is 1. The highest BCUT2D eigenvalue weighted by Gasteiger charge is 2.20. The van der Waals surface area contributed by atoms with Gasteiger partial charge in [0.25, 0.3) is 0 Å². The summed E-state index contributed by atoms with van der Waals surface area (Å²) < 4.78 is 5.86. The van der Waals surface area contributed by atoms with Gasteiger partial charge in [0.15, 0.2) is 0 Å². The Hall–Kier alpha value is -0.420. The monoisotopic (exact) mass is 282 g/mol. The fraction of sp³-hybridized carbons (Fsp3) is 0.733. The molecule has 2 heterocycles. The highest BCUT2D eigenvalue weighted by Crippen LogP contribution is 2.23. The van der Waals surface area contributed by atoms with E-state index in [1.807, 2.05) is 18.4 Å². The van der Waals surface area contributed by atoms with Crippen LogP contribution in [0.5, 0.6) is 0 Å². The van der Waals surface area contributed by atoms with Crippen LogP contribution in [0, 0.1) is 6.92 Å². The predicted octanol–water partition coefficient (Wildman–Crippen LogP) is 2.78. The predicted molar refractivity (Wildman–Crippen MR) is 81.7 cm³/mol. The normalized spacial score (nSPS) is 20.3. The van der Waals surface area contributed by atoms with Gasteiger partial charge in [0.05, 0.1) is 6.61 Å². The van der Waals surface area contributed by atoms with Crippen LogP contribution < -0.4 is 5.32 Å². The Morgan fingerprint density at radius 1 is 1.53 bits per heavy atom. The van der Waals surface area contributed by atoms with Gasteiger partial charge < -0.3 is 15.0 Å². The minimum Gasteiger partial charge on any atom is -0.377 e. The van der Waals surface area contributed by atoms with Gasteiger partial charge in [-0.1, -0.05) is 0 Å². The lowest BCUT2D eigenvalue weighted by Crippen LogP contribution is -2.26. The number of hydrogen-bond acceptors (Lipinski definition) is 4. The Bertz CT molecular complexity index is 391. The maximum Gasteiger partial charge on any atom is 0.0727 e. The highest BCUT2D eigenvalue weighted by molar-refractivity contribution is 7.12. The summed E-state index contributed by atoms with van der Waals surface area (Å²) in [5.74, 6) is 0. The first-order chi connectivity index (χ1) is 9.20. The van der Waals surface area contributed by atoms with E-state index < -0.39 is 0 Å². The molecule has 1 N–H and O–H groups in total. The third kappa shape index (κ3) is 4.28. The minimum atomic E-state index is 0.739. The van der Waals surface area contributed by atoms with Crippen molar-refractivity contribution in [2.75, 3.05) is 27.2 Å². The largest absolute Gasteiger partial charge is 0.377 e. The maximum absolute atomic E-state index is 5.86. The molecule has 1 aliphatic heterocycles. The molecule has 0 amide bonds. The quantitative estimate of drug-likeness (QED) is 0.778. The molecule has 1 fully saturated rings. The number of rotatable bonds is 7. The van der Waals surface area contributed by atoms with Gasteiger partial charge in [-0.15, -0.1) is 11.3 Å². The summed E-state index contributed by atoms with van der Waals surface area (Å²) in [6.07, 6.45) is 3.85. The van der Waals surface area contributed by atoms with Crippen molar-refractivity contribution in [1.82, 2.24) is 10.2 Å². The Kier molecular flexibility index (Phi) is 5.82. The molecule has 1 saturated heterocycles. The Morgan fingerprint density at radius 2 is 2.37 bits per heavy atom. The number of nitrogens with zero attached hydrogens (tertiary/aromatic N) is 1. The molecule has 0 aliphatic carbocycles. The molecule has 1 unspecified atom stereocenters. The summed E-state index contributed by atoms with van der Waals surface area (Å²) in [7, 11) is 4.22. The van der Waals surface area contributed by atoms with Crippen molar-refractivity contribution < 1.29 is 4.74 Å². The summed E-state index contributed by atoms with van der Waals surface area (Å²) in [6.45, 7) is 6.04. The first-order valence-electron chi connectivity index (χ1n) is 7.21. The van der Waals surface area contributed by atoms with Gasteiger partial charge in [0.1, 0.15) is 0 Å². The molecule has 0 aromatic carbocycles. The van der Waals surface area contributed by atoms with E-state index in [-0.39, 0.29) is 0 Å². The van der Waals surface area contributed by atoms with E-state index in [1.54, 1.807) is 0 Å². The molecule has 3 nitrogen and oxygen atoms in total. The fourth-order valence-electron chi connectivity index (χ4n) is 2.74.